The lowest BCUT2D eigenvalue weighted by atomic mass is 9.92. The molecule has 1 atom stereocenters. The van der Waals surface area contributed by atoms with E-state index in [2.05, 4.69) is 41.4 Å². The van der Waals surface area contributed by atoms with E-state index in [1.165, 1.54) is 16.7 Å². The fourth-order valence-electron chi connectivity index (χ4n) is 4.40. The standard InChI is InChI=1S/C28H30N2O2/c1-20-12-13-24(18-21(20)2)27(31)15-17-30-16-14-22-8-6-7-11-25(22)26(30)19-29-28(32)23-9-4-3-5-10-23/h3-13,18,26H,14-17,19H2,1-2H3,(H,29,32). The third kappa shape index (κ3) is 4.97. The number of carbonyl (C=O) groups is 2. The van der Waals surface area contributed by atoms with Crippen molar-refractivity contribution in [1.82, 2.24) is 10.2 Å². The number of benzene rings is 3. The molecule has 0 radical (unpaired) electrons. The number of nitrogens with one attached hydrogen (secondary N) is 1. The van der Waals surface area contributed by atoms with Gasteiger partial charge in [0.1, 0.15) is 0 Å². The van der Waals surface area contributed by atoms with Crippen molar-refractivity contribution in [3.63, 3.8) is 0 Å². The van der Waals surface area contributed by atoms with Crippen LogP contribution in [0.5, 0.6) is 0 Å². The molecule has 0 aromatic heterocycles. The van der Waals surface area contributed by atoms with Crippen molar-refractivity contribution in [2.45, 2.75) is 32.7 Å². The number of amides is 1. The minimum atomic E-state index is -0.0696. The molecule has 3 aromatic carbocycles. The van der Waals surface area contributed by atoms with E-state index < -0.39 is 0 Å². The molecule has 1 aliphatic heterocycles. The third-order valence-electron chi connectivity index (χ3n) is 6.47. The van der Waals surface area contributed by atoms with Crippen LogP contribution in [0, 0.1) is 13.8 Å². The SMILES string of the molecule is Cc1ccc(C(=O)CCN2CCc3ccccc3C2CNC(=O)c2ccccc2)cc1C. The van der Waals surface area contributed by atoms with Crippen LogP contribution in [0.2, 0.25) is 0 Å². The van der Waals surface area contributed by atoms with Gasteiger partial charge >= 0.3 is 0 Å². The summed E-state index contributed by atoms with van der Waals surface area (Å²) in [6.07, 6.45) is 1.42. The lowest BCUT2D eigenvalue weighted by molar-refractivity contribution is 0.0898. The summed E-state index contributed by atoms with van der Waals surface area (Å²) >= 11 is 0. The molecule has 0 spiro atoms. The van der Waals surface area contributed by atoms with Gasteiger partial charge in [0, 0.05) is 37.2 Å². The summed E-state index contributed by atoms with van der Waals surface area (Å²) in [4.78, 5) is 27.8. The second kappa shape index (κ2) is 9.92. The maximum absolute atomic E-state index is 12.9. The van der Waals surface area contributed by atoms with Gasteiger partial charge in [0.05, 0.1) is 6.04 Å². The zero-order valence-corrected chi connectivity index (χ0v) is 18.8. The van der Waals surface area contributed by atoms with Gasteiger partial charge in [-0.25, -0.2) is 0 Å². The molecule has 32 heavy (non-hydrogen) atoms. The van der Waals surface area contributed by atoms with E-state index in [1.54, 1.807) is 0 Å². The van der Waals surface area contributed by atoms with E-state index in [4.69, 9.17) is 0 Å². The Bertz CT molecular complexity index is 1110. The van der Waals surface area contributed by atoms with E-state index in [0.29, 0.717) is 25.1 Å². The smallest absolute Gasteiger partial charge is 0.251 e. The first-order chi connectivity index (χ1) is 15.5. The number of hydrogen-bond donors (Lipinski definition) is 1. The zero-order chi connectivity index (χ0) is 22.5. The van der Waals surface area contributed by atoms with E-state index in [9.17, 15) is 9.59 Å². The average molecular weight is 427 g/mol. The molecule has 4 rings (SSSR count). The van der Waals surface area contributed by atoms with Crippen LogP contribution in [0.15, 0.2) is 72.8 Å². The van der Waals surface area contributed by atoms with E-state index in [0.717, 1.165) is 24.1 Å². The van der Waals surface area contributed by atoms with Gasteiger partial charge in [0.25, 0.3) is 5.91 Å². The molecule has 164 valence electrons. The number of nitrogens with zero attached hydrogens (tertiary/aromatic N) is 1. The number of ketones is 1. The first-order valence-electron chi connectivity index (χ1n) is 11.3. The van der Waals surface area contributed by atoms with Crippen LogP contribution in [0.3, 0.4) is 0 Å². The Kier molecular flexibility index (Phi) is 6.81. The molecule has 4 heteroatoms. The molecule has 4 nitrogen and oxygen atoms in total. The summed E-state index contributed by atoms with van der Waals surface area (Å²) in [5, 5.41) is 3.11. The number of carbonyl (C=O) groups excluding carboxylic acids is 2. The second-order valence-corrected chi connectivity index (χ2v) is 8.55. The molecule has 0 fully saturated rings. The van der Waals surface area contributed by atoms with E-state index >= 15 is 0 Å². The molecule has 0 bridgehead atoms. The van der Waals surface area contributed by atoms with E-state index in [1.807, 2.05) is 55.5 Å². The second-order valence-electron chi connectivity index (χ2n) is 8.55. The minimum Gasteiger partial charge on any atom is -0.350 e. The fourth-order valence-corrected chi connectivity index (χ4v) is 4.40. The van der Waals surface area contributed by atoms with Gasteiger partial charge in [0.15, 0.2) is 5.78 Å². The highest BCUT2D eigenvalue weighted by atomic mass is 16.1. The fraction of sp³-hybridized carbons (Fsp3) is 0.286. The predicted octanol–water partition coefficient (Wildman–Crippen LogP) is 4.91. The van der Waals surface area contributed by atoms with Gasteiger partial charge in [0.2, 0.25) is 0 Å². The Morgan fingerprint density at radius 2 is 1.66 bits per heavy atom. The van der Waals surface area contributed by atoms with Gasteiger partial charge in [-0.3, -0.25) is 14.5 Å². The van der Waals surface area contributed by atoms with Gasteiger partial charge in [-0.2, -0.15) is 0 Å². The van der Waals surface area contributed by atoms with Crippen molar-refractivity contribution in [3.05, 3.63) is 106 Å². The quantitative estimate of drug-likeness (QED) is 0.547. The highest BCUT2D eigenvalue weighted by Crippen LogP contribution is 2.29. The van der Waals surface area contributed by atoms with Crippen molar-refractivity contribution in [3.8, 4) is 0 Å². The predicted molar refractivity (Wildman–Crippen MR) is 128 cm³/mol. The van der Waals surface area contributed by atoms with Gasteiger partial charge in [-0.15, -0.1) is 0 Å². The van der Waals surface area contributed by atoms with Crippen LogP contribution in [0.4, 0.5) is 0 Å². The van der Waals surface area contributed by atoms with Crippen LogP contribution >= 0.6 is 0 Å². The normalized spacial score (nSPS) is 15.8. The largest absolute Gasteiger partial charge is 0.350 e. The van der Waals surface area contributed by atoms with Crippen molar-refractivity contribution >= 4 is 11.7 Å². The first kappa shape index (κ1) is 22.0. The number of fused-ring (bicyclic) bond motifs is 1. The minimum absolute atomic E-state index is 0.0557. The summed E-state index contributed by atoms with van der Waals surface area (Å²) in [5.41, 5.74) is 6.34. The lowest BCUT2D eigenvalue weighted by Gasteiger charge is -2.37. The number of aryl methyl sites for hydroxylation is 2. The molecular formula is C28H30N2O2. The number of Topliss-reactive ketones (excluding diaryl/α,β-unsaturated/α-hetero) is 1. The first-order valence-corrected chi connectivity index (χ1v) is 11.3. The molecule has 1 amide bonds. The van der Waals surface area contributed by atoms with Crippen LogP contribution in [0.25, 0.3) is 0 Å². The van der Waals surface area contributed by atoms with E-state index in [-0.39, 0.29) is 17.7 Å². The maximum Gasteiger partial charge on any atom is 0.251 e. The monoisotopic (exact) mass is 426 g/mol. The lowest BCUT2D eigenvalue weighted by Crippen LogP contribution is -2.43. The Morgan fingerprint density at radius 3 is 2.44 bits per heavy atom. The molecule has 1 N–H and O–H groups in total. The molecule has 1 aliphatic rings. The Balaban J connectivity index is 1.46. The summed E-state index contributed by atoms with van der Waals surface area (Å²) < 4.78 is 0. The highest BCUT2D eigenvalue weighted by molar-refractivity contribution is 5.96. The number of rotatable bonds is 7. The highest BCUT2D eigenvalue weighted by Gasteiger charge is 2.28. The van der Waals surface area contributed by atoms with Crippen molar-refractivity contribution in [1.29, 1.82) is 0 Å². The Hall–Kier alpha value is -3.24. The average Bonchev–Trinajstić information content (AvgIpc) is 2.83. The molecule has 3 aromatic rings. The van der Waals surface area contributed by atoms with Gasteiger partial charge in [-0.05, 0) is 60.7 Å². The summed E-state index contributed by atoms with van der Waals surface area (Å²) in [5.74, 6) is 0.0961. The topological polar surface area (TPSA) is 49.4 Å². The summed E-state index contributed by atoms with van der Waals surface area (Å²) in [6.45, 7) is 6.17. The summed E-state index contributed by atoms with van der Waals surface area (Å²) in [6, 6.07) is 23.7. The van der Waals surface area contributed by atoms with Gasteiger partial charge in [-0.1, -0.05) is 54.6 Å². The molecule has 0 aliphatic carbocycles. The van der Waals surface area contributed by atoms with Gasteiger partial charge < -0.3 is 5.32 Å². The van der Waals surface area contributed by atoms with Crippen molar-refractivity contribution in [2.24, 2.45) is 0 Å². The third-order valence-corrected chi connectivity index (χ3v) is 6.47. The molecule has 0 saturated carbocycles. The Morgan fingerprint density at radius 1 is 0.906 bits per heavy atom. The molecule has 1 unspecified atom stereocenters. The molecule has 1 heterocycles. The van der Waals surface area contributed by atoms with Crippen molar-refractivity contribution < 1.29 is 9.59 Å². The van der Waals surface area contributed by atoms with Crippen molar-refractivity contribution in [2.75, 3.05) is 19.6 Å². The van der Waals surface area contributed by atoms with Crippen LogP contribution in [-0.2, 0) is 6.42 Å². The molecular weight excluding hydrogens is 396 g/mol. The number of hydrogen-bond acceptors (Lipinski definition) is 3. The van der Waals surface area contributed by atoms with Crippen LogP contribution < -0.4 is 5.32 Å². The molecule has 0 saturated heterocycles. The Labute approximate surface area is 190 Å². The van der Waals surface area contributed by atoms with Crippen LogP contribution in [-0.4, -0.2) is 36.2 Å². The zero-order valence-electron chi connectivity index (χ0n) is 18.8. The van der Waals surface area contributed by atoms with Crippen LogP contribution in [0.1, 0.15) is 55.4 Å². The maximum atomic E-state index is 12.9. The summed E-state index contributed by atoms with van der Waals surface area (Å²) in [7, 11) is 0.